The van der Waals surface area contributed by atoms with Crippen molar-refractivity contribution in [3.05, 3.63) is 35.9 Å². The van der Waals surface area contributed by atoms with Gasteiger partial charge in [0.25, 0.3) is 0 Å². The van der Waals surface area contributed by atoms with Crippen molar-refractivity contribution < 1.29 is 33.4 Å². The summed E-state index contributed by atoms with van der Waals surface area (Å²) >= 11 is 0. The summed E-state index contributed by atoms with van der Waals surface area (Å²) in [6, 6.07) is 6.25. The lowest BCUT2D eigenvalue weighted by molar-refractivity contribution is -0.155. The molecule has 1 aromatic rings. The van der Waals surface area contributed by atoms with E-state index >= 15 is 0 Å². The summed E-state index contributed by atoms with van der Waals surface area (Å²) in [4.78, 5) is 62.6. The fourth-order valence-electron chi connectivity index (χ4n) is 3.75. The molecule has 0 aliphatic heterocycles. The van der Waals surface area contributed by atoms with Crippen LogP contribution in [0.5, 0.6) is 0 Å². The second-order valence-corrected chi connectivity index (χ2v) is 11.5. The average molecular weight is 548 g/mol. The van der Waals surface area contributed by atoms with Crippen LogP contribution in [0.4, 0.5) is 4.79 Å². The van der Waals surface area contributed by atoms with Gasteiger partial charge in [0.2, 0.25) is 11.8 Å². The number of carbonyl (C=O) groups excluding carboxylic acids is 5. The van der Waals surface area contributed by atoms with Gasteiger partial charge in [-0.2, -0.15) is 0 Å². The molecule has 10 nitrogen and oxygen atoms in total. The van der Waals surface area contributed by atoms with Gasteiger partial charge in [-0.3, -0.25) is 14.4 Å². The smallest absolute Gasteiger partial charge is 0.408 e. The molecule has 3 atom stereocenters. The van der Waals surface area contributed by atoms with Crippen molar-refractivity contribution in [1.29, 1.82) is 0 Å². The molecule has 0 aromatic heterocycles. The Hall–Kier alpha value is -3.43. The lowest BCUT2D eigenvalue weighted by atomic mass is 10.0. The summed E-state index contributed by atoms with van der Waals surface area (Å²) in [6.07, 6.45) is 0.400. The topological polar surface area (TPSA) is 140 Å². The molecular weight excluding hydrogens is 502 g/mol. The van der Waals surface area contributed by atoms with Crippen LogP contribution in [0.1, 0.15) is 79.7 Å². The highest BCUT2D eigenvalue weighted by Gasteiger charge is 2.30. The van der Waals surface area contributed by atoms with Gasteiger partial charge in [0, 0.05) is 6.42 Å². The number of alkyl carbamates (subject to hydrolysis) is 1. The highest BCUT2D eigenvalue weighted by Crippen LogP contribution is 2.12. The minimum atomic E-state index is -1.17. The van der Waals surface area contributed by atoms with Crippen molar-refractivity contribution in [1.82, 2.24) is 16.0 Å². The van der Waals surface area contributed by atoms with Gasteiger partial charge in [0.15, 0.2) is 0 Å². The number of rotatable bonds is 15. The molecule has 0 aliphatic carbocycles. The van der Waals surface area contributed by atoms with Crippen LogP contribution in [0.15, 0.2) is 30.3 Å². The molecule has 39 heavy (non-hydrogen) atoms. The van der Waals surface area contributed by atoms with E-state index in [1.54, 1.807) is 32.9 Å². The summed E-state index contributed by atoms with van der Waals surface area (Å²) in [7, 11) is 0. The van der Waals surface area contributed by atoms with Gasteiger partial charge in [-0.25, -0.2) is 4.79 Å². The highest BCUT2D eigenvalue weighted by atomic mass is 16.6. The zero-order valence-corrected chi connectivity index (χ0v) is 24.2. The van der Waals surface area contributed by atoms with Gasteiger partial charge >= 0.3 is 12.1 Å². The Bertz CT molecular complexity index is 942. The van der Waals surface area contributed by atoms with Crippen LogP contribution in [0, 0.1) is 11.8 Å². The first-order valence-corrected chi connectivity index (χ1v) is 13.4. The van der Waals surface area contributed by atoms with Crippen molar-refractivity contribution in [3.8, 4) is 0 Å². The SMILES string of the molecule is CC(C)C[C@H](C=O)NC(=O)[C@@H](CC(C)C)NC(=O)[C@H](CCC(=O)OC(C)(C)C)NC(=O)OCc1ccccc1. The normalized spacial score (nSPS) is 13.7. The highest BCUT2D eigenvalue weighted by molar-refractivity contribution is 5.92. The Balaban J connectivity index is 2.99. The lowest BCUT2D eigenvalue weighted by Gasteiger charge is -2.26. The number of ether oxygens (including phenoxy) is 2. The predicted molar refractivity (Wildman–Crippen MR) is 147 cm³/mol. The van der Waals surface area contributed by atoms with E-state index in [4.69, 9.17) is 9.47 Å². The maximum atomic E-state index is 13.3. The van der Waals surface area contributed by atoms with Crippen molar-refractivity contribution in [2.45, 2.75) is 104 Å². The maximum absolute atomic E-state index is 13.3. The third-order valence-corrected chi connectivity index (χ3v) is 5.44. The van der Waals surface area contributed by atoms with Crippen LogP contribution in [0.2, 0.25) is 0 Å². The molecule has 0 radical (unpaired) electrons. The van der Waals surface area contributed by atoms with Gasteiger partial charge in [-0.1, -0.05) is 58.0 Å². The Morgan fingerprint density at radius 3 is 1.97 bits per heavy atom. The van der Waals surface area contributed by atoms with E-state index in [0.717, 1.165) is 5.56 Å². The minimum Gasteiger partial charge on any atom is -0.460 e. The van der Waals surface area contributed by atoms with Crippen molar-refractivity contribution in [2.75, 3.05) is 0 Å². The van der Waals surface area contributed by atoms with E-state index in [9.17, 15) is 24.0 Å². The number of hydrogen-bond donors (Lipinski definition) is 3. The van der Waals surface area contributed by atoms with Crippen LogP contribution in [-0.2, 0) is 35.3 Å². The molecule has 3 N–H and O–H groups in total. The van der Waals surface area contributed by atoms with Gasteiger partial charge in [0.1, 0.15) is 30.6 Å². The van der Waals surface area contributed by atoms with Crippen molar-refractivity contribution >= 4 is 30.2 Å². The van der Waals surface area contributed by atoms with Gasteiger partial charge in [-0.15, -0.1) is 0 Å². The number of carbonyl (C=O) groups is 5. The molecule has 0 heterocycles. The standard InChI is InChI=1S/C29H45N3O7/c1-19(2)15-22(17-33)30-27(36)24(16-20(3)4)31-26(35)23(13-14-25(34)39-29(5,6)7)32-28(37)38-18-21-11-9-8-10-12-21/h8-12,17,19-20,22-24H,13-16,18H2,1-7H3,(H,30,36)(H,31,35)(H,32,37)/t22-,23+,24-/m1/s1. The Kier molecular flexibility index (Phi) is 14.2. The van der Waals surface area contributed by atoms with Crippen LogP contribution in [-0.4, -0.2) is 53.9 Å². The van der Waals surface area contributed by atoms with Crippen molar-refractivity contribution in [2.24, 2.45) is 11.8 Å². The monoisotopic (exact) mass is 547 g/mol. The third-order valence-electron chi connectivity index (χ3n) is 5.44. The van der Waals surface area contributed by atoms with Crippen LogP contribution >= 0.6 is 0 Å². The Labute approximate surface area is 232 Å². The Morgan fingerprint density at radius 1 is 0.846 bits per heavy atom. The summed E-state index contributed by atoms with van der Waals surface area (Å²) in [5.41, 5.74) is 0.0600. The van der Waals surface area contributed by atoms with E-state index in [-0.39, 0.29) is 31.3 Å². The first kappa shape index (κ1) is 33.6. The van der Waals surface area contributed by atoms with Gasteiger partial charge < -0.3 is 30.2 Å². The first-order valence-electron chi connectivity index (χ1n) is 13.4. The lowest BCUT2D eigenvalue weighted by Crippen LogP contribution is -2.55. The van der Waals surface area contributed by atoms with E-state index < -0.39 is 47.6 Å². The summed E-state index contributed by atoms with van der Waals surface area (Å²) < 4.78 is 10.6. The van der Waals surface area contributed by atoms with E-state index in [2.05, 4.69) is 16.0 Å². The zero-order chi connectivity index (χ0) is 29.6. The Morgan fingerprint density at radius 2 is 1.44 bits per heavy atom. The molecule has 3 amide bonds. The molecule has 0 saturated carbocycles. The molecule has 1 rings (SSSR count). The molecule has 218 valence electrons. The molecule has 0 bridgehead atoms. The summed E-state index contributed by atoms with van der Waals surface area (Å²) in [5, 5.41) is 7.90. The quantitative estimate of drug-likeness (QED) is 0.225. The molecule has 0 aliphatic rings. The predicted octanol–water partition coefficient (Wildman–Crippen LogP) is 3.66. The average Bonchev–Trinajstić information content (AvgIpc) is 2.83. The van der Waals surface area contributed by atoms with E-state index in [1.807, 2.05) is 45.9 Å². The van der Waals surface area contributed by atoms with Crippen LogP contribution in [0.3, 0.4) is 0 Å². The second-order valence-electron chi connectivity index (χ2n) is 11.5. The maximum Gasteiger partial charge on any atom is 0.408 e. The fraction of sp³-hybridized carbons (Fsp3) is 0.621. The molecule has 0 saturated heterocycles. The van der Waals surface area contributed by atoms with Gasteiger partial charge in [0.05, 0.1) is 6.04 Å². The number of nitrogens with one attached hydrogen (secondary N) is 3. The molecule has 0 fully saturated rings. The van der Waals surface area contributed by atoms with Crippen molar-refractivity contribution in [3.63, 3.8) is 0 Å². The summed E-state index contributed by atoms with van der Waals surface area (Å²) in [6.45, 7) is 12.9. The number of aldehydes is 1. The van der Waals surface area contributed by atoms with E-state index in [0.29, 0.717) is 19.1 Å². The third kappa shape index (κ3) is 14.9. The van der Waals surface area contributed by atoms with E-state index in [1.165, 1.54) is 0 Å². The molecule has 1 aromatic carbocycles. The zero-order valence-electron chi connectivity index (χ0n) is 24.2. The number of amides is 3. The largest absolute Gasteiger partial charge is 0.460 e. The second kappa shape index (κ2) is 16.5. The minimum absolute atomic E-state index is 0.00556. The number of benzene rings is 1. The van der Waals surface area contributed by atoms with Crippen LogP contribution < -0.4 is 16.0 Å². The fourth-order valence-corrected chi connectivity index (χ4v) is 3.75. The van der Waals surface area contributed by atoms with Gasteiger partial charge in [-0.05, 0) is 57.4 Å². The van der Waals surface area contributed by atoms with Crippen LogP contribution in [0.25, 0.3) is 0 Å². The number of esters is 1. The summed E-state index contributed by atoms with van der Waals surface area (Å²) in [5.74, 6) is -1.44. The number of hydrogen-bond acceptors (Lipinski definition) is 7. The molecule has 10 heteroatoms. The molecular formula is C29H45N3O7. The molecule has 0 spiro atoms. The molecule has 0 unspecified atom stereocenters. The first-order chi connectivity index (χ1) is 18.2.